The molecular formula is C17H20FN. The quantitative estimate of drug-likeness (QED) is 0.874. The van der Waals surface area contributed by atoms with Gasteiger partial charge in [0.15, 0.2) is 0 Å². The second-order valence-electron chi connectivity index (χ2n) is 5.12. The molecule has 0 saturated carbocycles. The van der Waals surface area contributed by atoms with E-state index in [4.69, 9.17) is 0 Å². The summed E-state index contributed by atoms with van der Waals surface area (Å²) in [6.07, 6.45) is 0. The van der Waals surface area contributed by atoms with Crippen LogP contribution in [-0.4, -0.2) is 7.05 Å². The smallest absolute Gasteiger partial charge is 0.131 e. The fourth-order valence-electron chi connectivity index (χ4n) is 2.57. The van der Waals surface area contributed by atoms with Crippen LogP contribution in [0.5, 0.6) is 0 Å². The molecule has 2 rings (SSSR count). The highest BCUT2D eigenvalue weighted by Crippen LogP contribution is 2.27. The van der Waals surface area contributed by atoms with Crippen molar-refractivity contribution in [2.45, 2.75) is 26.8 Å². The average Bonchev–Trinajstić information content (AvgIpc) is 2.34. The maximum atomic E-state index is 14.3. The van der Waals surface area contributed by atoms with E-state index in [0.717, 1.165) is 5.56 Å². The molecule has 0 spiro atoms. The van der Waals surface area contributed by atoms with Crippen LogP contribution < -0.4 is 5.32 Å². The first kappa shape index (κ1) is 13.8. The molecule has 1 unspecified atom stereocenters. The zero-order valence-corrected chi connectivity index (χ0v) is 11.9. The number of aryl methyl sites for hydroxylation is 3. The van der Waals surface area contributed by atoms with Gasteiger partial charge in [-0.15, -0.1) is 0 Å². The Labute approximate surface area is 114 Å². The van der Waals surface area contributed by atoms with Crippen molar-refractivity contribution >= 4 is 0 Å². The Morgan fingerprint density at radius 1 is 1.00 bits per heavy atom. The molecule has 2 aromatic rings. The highest BCUT2D eigenvalue weighted by Gasteiger charge is 2.17. The van der Waals surface area contributed by atoms with E-state index in [1.807, 2.05) is 19.2 Å². The molecule has 0 aromatic heterocycles. The van der Waals surface area contributed by atoms with Crippen LogP contribution in [0, 0.1) is 26.6 Å². The Kier molecular flexibility index (Phi) is 4.01. The molecule has 19 heavy (non-hydrogen) atoms. The standard InChI is InChI=1S/C17H20FN/c1-11-8-12(2)10-14(9-11)17(19-4)15-7-5-6-13(3)16(15)18/h5-10,17,19H,1-4H3. The van der Waals surface area contributed by atoms with E-state index in [2.05, 4.69) is 37.4 Å². The Bertz CT molecular complexity index is 570. The molecule has 1 atom stereocenters. The fourth-order valence-corrected chi connectivity index (χ4v) is 2.57. The van der Waals surface area contributed by atoms with Gasteiger partial charge in [0.2, 0.25) is 0 Å². The zero-order chi connectivity index (χ0) is 14.0. The lowest BCUT2D eigenvalue weighted by molar-refractivity contribution is 0.569. The molecule has 0 aliphatic rings. The van der Waals surface area contributed by atoms with Gasteiger partial charge in [-0.3, -0.25) is 0 Å². The number of halogens is 1. The predicted molar refractivity (Wildman–Crippen MR) is 78.0 cm³/mol. The Morgan fingerprint density at radius 2 is 1.63 bits per heavy atom. The summed E-state index contributed by atoms with van der Waals surface area (Å²) >= 11 is 0. The SMILES string of the molecule is CNC(c1cc(C)cc(C)c1)c1cccc(C)c1F. The van der Waals surface area contributed by atoms with Crippen LogP contribution in [0.3, 0.4) is 0 Å². The lowest BCUT2D eigenvalue weighted by atomic mass is 9.94. The number of rotatable bonds is 3. The van der Waals surface area contributed by atoms with Crippen LogP contribution in [0.1, 0.15) is 33.9 Å². The number of hydrogen-bond donors (Lipinski definition) is 1. The van der Waals surface area contributed by atoms with E-state index >= 15 is 0 Å². The highest BCUT2D eigenvalue weighted by atomic mass is 19.1. The molecule has 0 aliphatic carbocycles. The van der Waals surface area contributed by atoms with E-state index in [1.165, 1.54) is 11.1 Å². The molecule has 0 radical (unpaired) electrons. The van der Waals surface area contributed by atoms with Gasteiger partial charge in [0.05, 0.1) is 6.04 Å². The van der Waals surface area contributed by atoms with Gasteiger partial charge in [0.25, 0.3) is 0 Å². The predicted octanol–water partition coefficient (Wildman–Crippen LogP) is 4.06. The topological polar surface area (TPSA) is 12.0 Å². The molecule has 1 nitrogen and oxygen atoms in total. The molecule has 0 bridgehead atoms. The lowest BCUT2D eigenvalue weighted by Crippen LogP contribution is -2.19. The van der Waals surface area contributed by atoms with Crippen molar-refractivity contribution in [3.05, 3.63) is 70.0 Å². The lowest BCUT2D eigenvalue weighted by Gasteiger charge is -2.20. The summed E-state index contributed by atoms with van der Waals surface area (Å²) in [6, 6.07) is 11.8. The summed E-state index contributed by atoms with van der Waals surface area (Å²) in [5, 5.41) is 3.22. The van der Waals surface area contributed by atoms with E-state index in [-0.39, 0.29) is 11.9 Å². The number of nitrogens with one attached hydrogen (secondary N) is 1. The van der Waals surface area contributed by atoms with Crippen molar-refractivity contribution in [3.8, 4) is 0 Å². The first-order chi connectivity index (χ1) is 9.02. The molecule has 0 heterocycles. The summed E-state index contributed by atoms with van der Waals surface area (Å²) in [4.78, 5) is 0. The van der Waals surface area contributed by atoms with Gasteiger partial charge < -0.3 is 5.32 Å². The molecule has 0 aliphatic heterocycles. The second kappa shape index (κ2) is 5.54. The summed E-state index contributed by atoms with van der Waals surface area (Å²) < 4.78 is 14.3. The van der Waals surface area contributed by atoms with Gasteiger partial charge >= 0.3 is 0 Å². The van der Waals surface area contributed by atoms with Crippen LogP contribution in [0.25, 0.3) is 0 Å². The molecule has 0 fully saturated rings. The number of hydrogen-bond acceptors (Lipinski definition) is 1. The summed E-state index contributed by atoms with van der Waals surface area (Å²) in [5.74, 6) is -0.124. The average molecular weight is 257 g/mol. The fraction of sp³-hybridized carbons (Fsp3) is 0.294. The highest BCUT2D eigenvalue weighted by molar-refractivity contribution is 5.38. The van der Waals surface area contributed by atoms with Crippen LogP contribution in [0.4, 0.5) is 4.39 Å². The molecule has 0 saturated heterocycles. The van der Waals surface area contributed by atoms with Crippen molar-refractivity contribution in [2.24, 2.45) is 0 Å². The first-order valence-corrected chi connectivity index (χ1v) is 6.53. The minimum absolute atomic E-state index is 0.113. The number of benzene rings is 2. The van der Waals surface area contributed by atoms with Crippen LogP contribution >= 0.6 is 0 Å². The van der Waals surface area contributed by atoms with Gasteiger partial charge in [0.1, 0.15) is 5.82 Å². The van der Waals surface area contributed by atoms with Gasteiger partial charge in [-0.25, -0.2) is 4.39 Å². The van der Waals surface area contributed by atoms with Gasteiger partial charge in [-0.2, -0.15) is 0 Å². The van der Waals surface area contributed by atoms with Crippen molar-refractivity contribution in [1.29, 1.82) is 0 Å². The van der Waals surface area contributed by atoms with E-state index in [1.54, 1.807) is 13.0 Å². The summed E-state index contributed by atoms with van der Waals surface area (Å²) in [7, 11) is 1.87. The largest absolute Gasteiger partial charge is 0.309 e. The molecule has 100 valence electrons. The minimum Gasteiger partial charge on any atom is -0.309 e. The normalized spacial score (nSPS) is 12.5. The monoisotopic (exact) mass is 257 g/mol. The van der Waals surface area contributed by atoms with Crippen molar-refractivity contribution in [1.82, 2.24) is 5.32 Å². The van der Waals surface area contributed by atoms with E-state index in [9.17, 15) is 4.39 Å². The molecule has 0 amide bonds. The van der Waals surface area contributed by atoms with Crippen LogP contribution in [0.15, 0.2) is 36.4 Å². The Balaban J connectivity index is 2.53. The second-order valence-corrected chi connectivity index (χ2v) is 5.12. The van der Waals surface area contributed by atoms with Crippen LogP contribution in [0.2, 0.25) is 0 Å². The van der Waals surface area contributed by atoms with Gasteiger partial charge in [-0.05, 0) is 38.9 Å². The van der Waals surface area contributed by atoms with Gasteiger partial charge in [-0.1, -0.05) is 47.5 Å². The van der Waals surface area contributed by atoms with Crippen molar-refractivity contribution in [2.75, 3.05) is 7.05 Å². The maximum Gasteiger partial charge on any atom is 0.131 e. The maximum absolute atomic E-state index is 14.3. The molecule has 2 heteroatoms. The minimum atomic E-state index is -0.124. The molecular weight excluding hydrogens is 237 g/mol. The van der Waals surface area contributed by atoms with Crippen molar-refractivity contribution in [3.63, 3.8) is 0 Å². The third-order valence-corrected chi connectivity index (χ3v) is 3.40. The Hall–Kier alpha value is -1.67. The van der Waals surface area contributed by atoms with E-state index in [0.29, 0.717) is 11.1 Å². The van der Waals surface area contributed by atoms with Crippen LogP contribution in [-0.2, 0) is 0 Å². The zero-order valence-electron chi connectivity index (χ0n) is 11.9. The third-order valence-electron chi connectivity index (χ3n) is 3.40. The summed E-state index contributed by atoms with van der Waals surface area (Å²) in [5.41, 5.74) is 4.88. The molecule has 1 N–H and O–H groups in total. The molecule has 2 aromatic carbocycles. The Morgan fingerprint density at radius 3 is 2.21 bits per heavy atom. The first-order valence-electron chi connectivity index (χ1n) is 6.53. The van der Waals surface area contributed by atoms with Crippen molar-refractivity contribution < 1.29 is 4.39 Å². The summed E-state index contributed by atoms with van der Waals surface area (Å²) in [6.45, 7) is 5.93. The van der Waals surface area contributed by atoms with E-state index < -0.39 is 0 Å². The van der Waals surface area contributed by atoms with Gasteiger partial charge in [0, 0.05) is 5.56 Å². The third kappa shape index (κ3) is 2.85.